The van der Waals surface area contributed by atoms with Gasteiger partial charge in [0.05, 0.1) is 12.8 Å². The second kappa shape index (κ2) is 4.68. The molecule has 2 aromatic rings. The van der Waals surface area contributed by atoms with Crippen LogP contribution in [0.1, 0.15) is 0 Å². The Morgan fingerprint density at radius 1 is 1.27 bits per heavy atom. The Hall–Kier alpha value is -1.00. The zero-order chi connectivity index (χ0) is 10.7. The van der Waals surface area contributed by atoms with Gasteiger partial charge in [-0.25, -0.2) is 4.98 Å². The SMILES string of the molecule is COc1nc(-c2ccc(SC)cc2)cs1. The number of thiazole rings is 1. The summed E-state index contributed by atoms with van der Waals surface area (Å²) < 4.78 is 5.06. The summed E-state index contributed by atoms with van der Waals surface area (Å²) in [6.45, 7) is 0. The van der Waals surface area contributed by atoms with Crippen LogP contribution in [0.15, 0.2) is 34.5 Å². The van der Waals surface area contributed by atoms with Crippen LogP contribution in [0.5, 0.6) is 5.19 Å². The van der Waals surface area contributed by atoms with Gasteiger partial charge in [-0.15, -0.1) is 11.8 Å². The first-order valence-corrected chi connectivity index (χ1v) is 6.58. The van der Waals surface area contributed by atoms with E-state index in [9.17, 15) is 0 Å². The molecule has 0 N–H and O–H groups in total. The number of rotatable bonds is 3. The van der Waals surface area contributed by atoms with Crippen molar-refractivity contribution in [2.75, 3.05) is 13.4 Å². The van der Waals surface area contributed by atoms with E-state index < -0.39 is 0 Å². The Balaban J connectivity index is 2.28. The van der Waals surface area contributed by atoms with Gasteiger partial charge in [0, 0.05) is 15.8 Å². The van der Waals surface area contributed by atoms with Crippen molar-refractivity contribution >= 4 is 23.1 Å². The zero-order valence-corrected chi connectivity index (χ0v) is 10.2. The highest BCUT2D eigenvalue weighted by Crippen LogP contribution is 2.27. The third-order valence-corrected chi connectivity index (χ3v) is 3.59. The van der Waals surface area contributed by atoms with Crippen LogP contribution in [0, 0.1) is 0 Å². The molecule has 0 aliphatic rings. The van der Waals surface area contributed by atoms with Crippen molar-refractivity contribution in [1.82, 2.24) is 4.98 Å². The zero-order valence-electron chi connectivity index (χ0n) is 8.56. The van der Waals surface area contributed by atoms with E-state index in [4.69, 9.17) is 4.74 Å². The van der Waals surface area contributed by atoms with E-state index in [0.717, 1.165) is 11.3 Å². The molecule has 0 unspecified atom stereocenters. The normalized spacial score (nSPS) is 10.3. The molecule has 0 atom stereocenters. The van der Waals surface area contributed by atoms with Gasteiger partial charge < -0.3 is 4.74 Å². The van der Waals surface area contributed by atoms with E-state index in [1.165, 1.54) is 16.2 Å². The number of thioether (sulfide) groups is 1. The first-order valence-electron chi connectivity index (χ1n) is 4.47. The van der Waals surface area contributed by atoms with Crippen molar-refractivity contribution in [3.8, 4) is 16.5 Å². The van der Waals surface area contributed by atoms with Gasteiger partial charge in [0.15, 0.2) is 0 Å². The van der Waals surface area contributed by atoms with Gasteiger partial charge in [-0.3, -0.25) is 0 Å². The summed E-state index contributed by atoms with van der Waals surface area (Å²) in [4.78, 5) is 5.61. The summed E-state index contributed by atoms with van der Waals surface area (Å²) in [5.41, 5.74) is 2.11. The highest BCUT2D eigenvalue weighted by molar-refractivity contribution is 7.98. The summed E-state index contributed by atoms with van der Waals surface area (Å²) in [6, 6.07) is 8.37. The fraction of sp³-hybridized carbons (Fsp3) is 0.182. The summed E-state index contributed by atoms with van der Waals surface area (Å²) >= 11 is 3.26. The number of ether oxygens (including phenoxy) is 1. The van der Waals surface area contributed by atoms with Crippen LogP contribution in [0.4, 0.5) is 0 Å². The molecule has 15 heavy (non-hydrogen) atoms. The molecule has 2 nitrogen and oxygen atoms in total. The van der Waals surface area contributed by atoms with Crippen molar-refractivity contribution < 1.29 is 4.74 Å². The number of benzene rings is 1. The fourth-order valence-electron chi connectivity index (χ4n) is 1.25. The number of hydrogen-bond donors (Lipinski definition) is 0. The average molecular weight is 237 g/mol. The van der Waals surface area contributed by atoms with Gasteiger partial charge in [-0.1, -0.05) is 23.5 Å². The molecule has 4 heteroatoms. The van der Waals surface area contributed by atoms with E-state index in [-0.39, 0.29) is 0 Å². The predicted octanol–water partition coefficient (Wildman–Crippen LogP) is 3.54. The van der Waals surface area contributed by atoms with Crippen LogP contribution in [0.2, 0.25) is 0 Å². The molecule has 0 bridgehead atoms. The molecule has 0 radical (unpaired) electrons. The van der Waals surface area contributed by atoms with Gasteiger partial charge in [-0.05, 0) is 18.4 Å². The van der Waals surface area contributed by atoms with Gasteiger partial charge in [0.2, 0.25) is 0 Å². The van der Waals surface area contributed by atoms with Crippen LogP contribution in [0.25, 0.3) is 11.3 Å². The van der Waals surface area contributed by atoms with Gasteiger partial charge >= 0.3 is 0 Å². The van der Waals surface area contributed by atoms with Crippen LogP contribution in [0.3, 0.4) is 0 Å². The maximum atomic E-state index is 5.06. The molecule has 0 saturated carbocycles. The lowest BCUT2D eigenvalue weighted by molar-refractivity contribution is 0.412. The molecule has 0 fully saturated rings. The minimum Gasteiger partial charge on any atom is -0.473 e. The van der Waals surface area contributed by atoms with Crippen molar-refractivity contribution in [2.24, 2.45) is 0 Å². The van der Waals surface area contributed by atoms with E-state index in [0.29, 0.717) is 5.19 Å². The summed E-state index contributed by atoms with van der Waals surface area (Å²) in [6.07, 6.45) is 2.07. The highest BCUT2D eigenvalue weighted by Gasteiger charge is 2.03. The van der Waals surface area contributed by atoms with Crippen molar-refractivity contribution in [1.29, 1.82) is 0 Å². The smallest absolute Gasteiger partial charge is 0.273 e. The molecular weight excluding hydrogens is 226 g/mol. The second-order valence-electron chi connectivity index (χ2n) is 2.93. The average Bonchev–Trinajstić information content (AvgIpc) is 2.78. The number of aromatic nitrogens is 1. The second-order valence-corrected chi connectivity index (χ2v) is 4.63. The maximum Gasteiger partial charge on any atom is 0.273 e. The van der Waals surface area contributed by atoms with Crippen LogP contribution in [-0.4, -0.2) is 18.3 Å². The Kier molecular flexibility index (Phi) is 3.28. The molecule has 0 aliphatic heterocycles. The van der Waals surface area contributed by atoms with Gasteiger partial charge in [0.1, 0.15) is 0 Å². The first-order chi connectivity index (χ1) is 7.33. The molecule has 0 amide bonds. The topological polar surface area (TPSA) is 22.1 Å². The molecule has 78 valence electrons. The highest BCUT2D eigenvalue weighted by atomic mass is 32.2. The summed E-state index contributed by atoms with van der Waals surface area (Å²) in [5, 5.41) is 2.71. The molecule has 1 aromatic carbocycles. The lowest BCUT2D eigenvalue weighted by atomic mass is 10.2. The minimum atomic E-state index is 0.707. The van der Waals surface area contributed by atoms with Crippen molar-refractivity contribution in [3.63, 3.8) is 0 Å². The molecule has 2 rings (SSSR count). The third kappa shape index (κ3) is 2.33. The number of nitrogens with zero attached hydrogens (tertiary/aromatic N) is 1. The molecular formula is C11H11NOS2. The van der Waals surface area contributed by atoms with E-state index in [1.54, 1.807) is 18.9 Å². The molecule has 1 aromatic heterocycles. The maximum absolute atomic E-state index is 5.06. The summed E-state index contributed by atoms with van der Waals surface area (Å²) in [5.74, 6) is 0. The minimum absolute atomic E-state index is 0.707. The predicted molar refractivity (Wildman–Crippen MR) is 65.9 cm³/mol. The first kappa shape index (κ1) is 10.5. The number of hydrogen-bond acceptors (Lipinski definition) is 4. The lowest BCUT2D eigenvalue weighted by Gasteiger charge is -1.98. The Morgan fingerprint density at radius 2 is 2.00 bits per heavy atom. The Labute approximate surface area is 97.3 Å². The van der Waals surface area contributed by atoms with Crippen molar-refractivity contribution in [3.05, 3.63) is 29.6 Å². The Morgan fingerprint density at radius 3 is 2.53 bits per heavy atom. The van der Waals surface area contributed by atoms with Crippen LogP contribution in [-0.2, 0) is 0 Å². The lowest BCUT2D eigenvalue weighted by Crippen LogP contribution is -1.81. The number of methoxy groups -OCH3 is 1. The molecule has 1 heterocycles. The van der Waals surface area contributed by atoms with E-state index in [1.807, 2.05) is 5.38 Å². The van der Waals surface area contributed by atoms with Gasteiger partial charge in [-0.2, -0.15) is 0 Å². The molecule has 0 aliphatic carbocycles. The Bertz CT molecular complexity index is 436. The van der Waals surface area contributed by atoms with Gasteiger partial charge in [0.25, 0.3) is 5.19 Å². The van der Waals surface area contributed by atoms with E-state index in [2.05, 4.69) is 35.5 Å². The van der Waals surface area contributed by atoms with Crippen LogP contribution >= 0.6 is 23.1 Å². The fourth-order valence-corrected chi connectivity index (χ4v) is 2.30. The van der Waals surface area contributed by atoms with Crippen LogP contribution < -0.4 is 4.74 Å². The largest absolute Gasteiger partial charge is 0.473 e. The molecule has 0 saturated heterocycles. The third-order valence-electron chi connectivity index (χ3n) is 2.04. The monoisotopic (exact) mass is 237 g/mol. The standard InChI is InChI=1S/C11H11NOS2/c1-13-11-12-10(7-15-11)8-3-5-9(14-2)6-4-8/h3-7H,1-2H3. The quantitative estimate of drug-likeness (QED) is 0.762. The summed E-state index contributed by atoms with van der Waals surface area (Å²) in [7, 11) is 1.64. The van der Waals surface area contributed by atoms with E-state index >= 15 is 0 Å². The van der Waals surface area contributed by atoms with Crippen molar-refractivity contribution in [2.45, 2.75) is 4.90 Å². The molecule has 0 spiro atoms.